The van der Waals surface area contributed by atoms with Crippen molar-refractivity contribution < 1.29 is 14.3 Å². The standard InChI is InChI=1S/C20H21N3O3/c1-14-8-9-15(2)17(10-14)22-19(24)12-23(3)20(25)13-26-18-7-5-4-6-16(18)11-21/h4-10H,12-13H2,1-3H3,(H,22,24). The number of benzene rings is 2. The molecule has 0 spiro atoms. The van der Waals surface area contributed by atoms with Gasteiger partial charge in [0.1, 0.15) is 11.8 Å². The van der Waals surface area contributed by atoms with E-state index >= 15 is 0 Å². The van der Waals surface area contributed by atoms with E-state index < -0.39 is 0 Å². The van der Waals surface area contributed by atoms with Gasteiger partial charge in [0.05, 0.1) is 12.1 Å². The first-order valence-electron chi connectivity index (χ1n) is 8.13. The van der Waals surface area contributed by atoms with Gasteiger partial charge in [-0.05, 0) is 43.2 Å². The van der Waals surface area contributed by atoms with Crippen LogP contribution in [-0.4, -0.2) is 36.9 Å². The number of aryl methyl sites for hydroxylation is 2. The molecule has 2 aromatic carbocycles. The molecular weight excluding hydrogens is 330 g/mol. The molecule has 1 N–H and O–H groups in total. The number of nitrogens with zero attached hydrogens (tertiary/aromatic N) is 2. The predicted molar refractivity (Wildman–Crippen MR) is 98.8 cm³/mol. The minimum Gasteiger partial charge on any atom is -0.482 e. The predicted octanol–water partition coefficient (Wildman–Crippen LogP) is 2.65. The van der Waals surface area contributed by atoms with Crippen LogP contribution in [0, 0.1) is 25.2 Å². The minimum absolute atomic E-state index is 0.0878. The second-order valence-electron chi connectivity index (χ2n) is 6.01. The fourth-order valence-electron chi connectivity index (χ4n) is 2.30. The SMILES string of the molecule is Cc1ccc(C)c(NC(=O)CN(C)C(=O)COc2ccccc2C#N)c1. The Balaban J connectivity index is 1.89. The minimum atomic E-state index is -0.353. The average Bonchev–Trinajstić information content (AvgIpc) is 2.62. The Kier molecular flexibility index (Phi) is 6.34. The number of carbonyl (C=O) groups excluding carboxylic acids is 2. The summed E-state index contributed by atoms with van der Waals surface area (Å²) < 4.78 is 5.40. The molecule has 0 bridgehead atoms. The molecule has 0 radical (unpaired) electrons. The van der Waals surface area contributed by atoms with Gasteiger partial charge < -0.3 is 15.0 Å². The first kappa shape index (κ1) is 19.0. The molecule has 0 unspecified atom stereocenters. The van der Waals surface area contributed by atoms with Crippen LogP contribution in [0.15, 0.2) is 42.5 Å². The summed E-state index contributed by atoms with van der Waals surface area (Å²) in [5.74, 6) is -0.294. The number of nitriles is 1. The van der Waals surface area contributed by atoms with Crippen LogP contribution < -0.4 is 10.1 Å². The first-order valence-corrected chi connectivity index (χ1v) is 8.13. The summed E-state index contributed by atoms with van der Waals surface area (Å²) in [5, 5.41) is 11.8. The molecule has 0 aromatic heterocycles. The second kappa shape index (κ2) is 8.67. The Morgan fingerprint density at radius 3 is 2.65 bits per heavy atom. The van der Waals surface area contributed by atoms with E-state index in [2.05, 4.69) is 5.32 Å². The zero-order valence-corrected chi connectivity index (χ0v) is 15.1. The molecule has 0 saturated carbocycles. The highest BCUT2D eigenvalue weighted by molar-refractivity contribution is 5.95. The van der Waals surface area contributed by atoms with E-state index in [1.807, 2.05) is 38.1 Å². The van der Waals surface area contributed by atoms with Crippen LogP contribution >= 0.6 is 0 Å². The molecule has 2 rings (SSSR count). The van der Waals surface area contributed by atoms with Crippen LogP contribution in [0.4, 0.5) is 5.69 Å². The van der Waals surface area contributed by atoms with Crippen LogP contribution in [0.3, 0.4) is 0 Å². The molecule has 0 aliphatic rings. The lowest BCUT2D eigenvalue weighted by Crippen LogP contribution is -2.37. The molecule has 134 valence electrons. The number of rotatable bonds is 6. The summed E-state index contributed by atoms with van der Waals surface area (Å²) in [4.78, 5) is 25.6. The quantitative estimate of drug-likeness (QED) is 0.867. The molecular formula is C20H21N3O3. The number of anilines is 1. The van der Waals surface area contributed by atoms with Gasteiger partial charge in [0.15, 0.2) is 6.61 Å². The molecule has 2 aromatic rings. The summed E-state index contributed by atoms with van der Waals surface area (Å²) in [6.45, 7) is 3.52. The number of hydrogen-bond donors (Lipinski definition) is 1. The maximum absolute atomic E-state index is 12.2. The van der Waals surface area contributed by atoms with E-state index in [1.54, 1.807) is 24.3 Å². The monoisotopic (exact) mass is 351 g/mol. The third-order valence-corrected chi connectivity index (χ3v) is 3.83. The van der Waals surface area contributed by atoms with Crippen molar-refractivity contribution in [3.8, 4) is 11.8 Å². The summed E-state index contributed by atoms with van der Waals surface area (Å²) in [6, 6.07) is 14.5. The highest BCUT2D eigenvalue weighted by Crippen LogP contribution is 2.17. The average molecular weight is 351 g/mol. The summed E-state index contributed by atoms with van der Waals surface area (Å²) in [5.41, 5.74) is 3.08. The molecule has 2 amide bonds. The van der Waals surface area contributed by atoms with E-state index in [0.717, 1.165) is 16.8 Å². The van der Waals surface area contributed by atoms with Crippen molar-refractivity contribution in [1.29, 1.82) is 5.26 Å². The van der Waals surface area contributed by atoms with E-state index in [4.69, 9.17) is 10.00 Å². The molecule has 6 nitrogen and oxygen atoms in total. The van der Waals surface area contributed by atoms with Crippen molar-refractivity contribution in [1.82, 2.24) is 4.90 Å². The van der Waals surface area contributed by atoms with Crippen molar-refractivity contribution in [2.24, 2.45) is 0 Å². The van der Waals surface area contributed by atoms with E-state index in [9.17, 15) is 9.59 Å². The highest BCUT2D eigenvalue weighted by Gasteiger charge is 2.15. The zero-order valence-electron chi connectivity index (χ0n) is 15.1. The molecule has 0 heterocycles. The van der Waals surface area contributed by atoms with Gasteiger partial charge in [0.2, 0.25) is 5.91 Å². The Morgan fingerprint density at radius 1 is 1.19 bits per heavy atom. The molecule has 26 heavy (non-hydrogen) atoms. The number of para-hydroxylation sites is 1. The van der Waals surface area contributed by atoms with Gasteiger partial charge in [-0.25, -0.2) is 0 Å². The van der Waals surface area contributed by atoms with E-state index in [-0.39, 0.29) is 25.0 Å². The van der Waals surface area contributed by atoms with Crippen molar-refractivity contribution in [2.45, 2.75) is 13.8 Å². The van der Waals surface area contributed by atoms with Crippen LogP contribution in [0.2, 0.25) is 0 Å². The lowest BCUT2D eigenvalue weighted by Gasteiger charge is -2.18. The third kappa shape index (κ3) is 5.08. The Hall–Kier alpha value is -3.33. The largest absolute Gasteiger partial charge is 0.482 e. The number of ether oxygens (including phenoxy) is 1. The third-order valence-electron chi connectivity index (χ3n) is 3.83. The smallest absolute Gasteiger partial charge is 0.260 e. The van der Waals surface area contributed by atoms with Crippen LogP contribution in [-0.2, 0) is 9.59 Å². The molecule has 0 aliphatic carbocycles. The van der Waals surface area contributed by atoms with Gasteiger partial charge in [-0.15, -0.1) is 0 Å². The number of carbonyl (C=O) groups is 2. The summed E-state index contributed by atoms with van der Waals surface area (Å²) in [7, 11) is 1.53. The second-order valence-corrected chi connectivity index (χ2v) is 6.01. The van der Waals surface area contributed by atoms with Gasteiger partial charge in [-0.1, -0.05) is 24.3 Å². The number of likely N-dealkylation sites (N-methyl/N-ethyl adjacent to an activating group) is 1. The maximum atomic E-state index is 12.2. The van der Waals surface area contributed by atoms with Gasteiger partial charge in [-0.2, -0.15) is 5.26 Å². The lowest BCUT2D eigenvalue weighted by atomic mass is 10.1. The number of hydrogen-bond acceptors (Lipinski definition) is 4. The molecule has 0 aliphatic heterocycles. The number of amides is 2. The first-order chi connectivity index (χ1) is 12.4. The van der Waals surface area contributed by atoms with Gasteiger partial charge in [0.25, 0.3) is 5.91 Å². The van der Waals surface area contributed by atoms with Crippen LogP contribution in [0.5, 0.6) is 5.75 Å². The van der Waals surface area contributed by atoms with Crippen molar-refractivity contribution in [2.75, 3.05) is 25.5 Å². The molecule has 0 fully saturated rings. The summed E-state index contributed by atoms with van der Waals surface area (Å²) in [6.07, 6.45) is 0. The van der Waals surface area contributed by atoms with Crippen LogP contribution in [0.1, 0.15) is 16.7 Å². The fourth-order valence-corrected chi connectivity index (χ4v) is 2.30. The van der Waals surface area contributed by atoms with Gasteiger partial charge in [0, 0.05) is 12.7 Å². The molecule has 6 heteroatoms. The number of nitrogens with one attached hydrogen (secondary N) is 1. The molecule has 0 saturated heterocycles. The Morgan fingerprint density at radius 2 is 1.92 bits per heavy atom. The normalized spacial score (nSPS) is 9.92. The maximum Gasteiger partial charge on any atom is 0.260 e. The topological polar surface area (TPSA) is 82.4 Å². The summed E-state index contributed by atoms with van der Waals surface area (Å²) >= 11 is 0. The van der Waals surface area contributed by atoms with E-state index in [1.165, 1.54) is 11.9 Å². The van der Waals surface area contributed by atoms with Crippen molar-refractivity contribution in [3.63, 3.8) is 0 Å². The fraction of sp³-hybridized carbons (Fsp3) is 0.250. The Bertz CT molecular complexity index is 856. The zero-order chi connectivity index (χ0) is 19.1. The highest BCUT2D eigenvalue weighted by atomic mass is 16.5. The lowest BCUT2D eigenvalue weighted by molar-refractivity contribution is -0.135. The molecule has 0 atom stereocenters. The van der Waals surface area contributed by atoms with Crippen LogP contribution in [0.25, 0.3) is 0 Å². The van der Waals surface area contributed by atoms with Gasteiger partial charge >= 0.3 is 0 Å². The van der Waals surface area contributed by atoms with E-state index in [0.29, 0.717) is 11.3 Å². The van der Waals surface area contributed by atoms with Gasteiger partial charge in [-0.3, -0.25) is 9.59 Å². The van der Waals surface area contributed by atoms with Crippen molar-refractivity contribution >= 4 is 17.5 Å². The van der Waals surface area contributed by atoms with Crippen molar-refractivity contribution in [3.05, 3.63) is 59.2 Å². The Labute approximate surface area is 153 Å².